The zero-order valence-corrected chi connectivity index (χ0v) is 14.3. The van der Waals surface area contributed by atoms with E-state index in [1.165, 1.54) is 35.8 Å². The Morgan fingerprint density at radius 1 is 1.12 bits per heavy atom. The Bertz CT molecular complexity index is 908. The van der Waals surface area contributed by atoms with E-state index < -0.39 is 23.7 Å². The summed E-state index contributed by atoms with van der Waals surface area (Å²) >= 11 is 1.28. The van der Waals surface area contributed by atoms with Gasteiger partial charge in [0.1, 0.15) is 17.7 Å². The van der Waals surface area contributed by atoms with Gasteiger partial charge in [-0.25, -0.2) is 4.39 Å². The Morgan fingerprint density at radius 2 is 1.92 bits per heavy atom. The largest absolute Gasteiger partial charge is 0.466 e. The van der Waals surface area contributed by atoms with Gasteiger partial charge in [0.25, 0.3) is 0 Å². The van der Waals surface area contributed by atoms with Gasteiger partial charge >= 0.3 is 11.8 Å². The van der Waals surface area contributed by atoms with Crippen LogP contribution in [-0.2, 0) is 16.1 Å². The van der Waals surface area contributed by atoms with Crippen molar-refractivity contribution < 1.29 is 23.5 Å². The zero-order chi connectivity index (χ0) is 18.5. The first-order valence-corrected chi connectivity index (χ1v) is 8.50. The van der Waals surface area contributed by atoms with Gasteiger partial charge in [0.2, 0.25) is 0 Å². The zero-order valence-electron chi connectivity index (χ0n) is 13.4. The van der Waals surface area contributed by atoms with E-state index in [4.69, 9.17) is 4.42 Å². The second kappa shape index (κ2) is 7.94. The number of carbonyl (C=O) groups is 2. The number of benzene rings is 1. The van der Waals surface area contributed by atoms with Crippen molar-refractivity contribution in [2.24, 2.45) is 0 Å². The molecule has 2 aromatic heterocycles. The molecule has 26 heavy (non-hydrogen) atoms. The molecule has 2 amide bonds. The molecule has 0 spiro atoms. The number of hydrogen-bond acceptors (Lipinski definition) is 5. The number of amides is 2. The lowest BCUT2D eigenvalue weighted by Crippen LogP contribution is -2.35. The summed E-state index contributed by atoms with van der Waals surface area (Å²) in [6.45, 7) is 0.110. The molecule has 6 nitrogen and oxygen atoms in total. The van der Waals surface area contributed by atoms with Gasteiger partial charge in [-0.05, 0) is 36.4 Å². The SMILES string of the molecule is O=C(NCc1ccc(C(O)c2ccco2)s1)C(=O)Nc1ccccc1F. The number of rotatable bonds is 5. The summed E-state index contributed by atoms with van der Waals surface area (Å²) in [4.78, 5) is 25.1. The van der Waals surface area contributed by atoms with Crippen molar-refractivity contribution in [1.82, 2.24) is 5.32 Å². The van der Waals surface area contributed by atoms with Gasteiger partial charge in [-0.15, -0.1) is 11.3 Å². The Hall–Kier alpha value is -2.97. The third kappa shape index (κ3) is 4.16. The molecule has 0 aliphatic heterocycles. The number of aliphatic hydroxyl groups is 1. The molecule has 0 saturated carbocycles. The highest BCUT2D eigenvalue weighted by molar-refractivity contribution is 7.12. The highest BCUT2D eigenvalue weighted by Crippen LogP contribution is 2.28. The number of furan rings is 1. The molecule has 3 N–H and O–H groups in total. The van der Waals surface area contributed by atoms with Crippen LogP contribution in [0.15, 0.2) is 59.2 Å². The Morgan fingerprint density at radius 3 is 2.65 bits per heavy atom. The van der Waals surface area contributed by atoms with Crippen LogP contribution < -0.4 is 10.6 Å². The van der Waals surface area contributed by atoms with Crippen LogP contribution in [-0.4, -0.2) is 16.9 Å². The standard InChI is InChI=1S/C18H15FN2O4S/c19-12-4-1-2-5-13(12)21-18(24)17(23)20-10-11-7-8-15(26-11)16(22)14-6-3-9-25-14/h1-9,16,22H,10H2,(H,20,23)(H,21,24). The van der Waals surface area contributed by atoms with Gasteiger partial charge in [0, 0.05) is 9.75 Å². The van der Waals surface area contributed by atoms with Crippen LogP contribution in [0.1, 0.15) is 21.6 Å². The van der Waals surface area contributed by atoms with Crippen LogP contribution in [0.25, 0.3) is 0 Å². The van der Waals surface area contributed by atoms with E-state index >= 15 is 0 Å². The van der Waals surface area contributed by atoms with Crippen LogP contribution >= 0.6 is 11.3 Å². The summed E-state index contributed by atoms with van der Waals surface area (Å²) in [7, 11) is 0. The van der Waals surface area contributed by atoms with E-state index in [-0.39, 0.29) is 12.2 Å². The van der Waals surface area contributed by atoms with Crippen LogP contribution in [0.3, 0.4) is 0 Å². The first-order chi connectivity index (χ1) is 12.5. The van der Waals surface area contributed by atoms with E-state index in [0.29, 0.717) is 10.6 Å². The summed E-state index contributed by atoms with van der Waals surface area (Å²) in [6.07, 6.45) is 0.588. The second-order valence-electron chi connectivity index (χ2n) is 5.34. The molecule has 1 atom stereocenters. The lowest BCUT2D eigenvalue weighted by Gasteiger charge is -2.06. The molecule has 0 aliphatic carbocycles. The number of thiophene rings is 1. The quantitative estimate of drug-likeness (QED) is 0.599. The van der Waals surface area contributed by atoms with Crippen molar-refractivity contribution in [2.45, 2.75) is 12.6 Å². The Balaban J connectivity index is 1.55. The fourth-order valence-electron chi connectivity index (χ4n) is 2.21. The summed E-state index contributed by atoms with van der Waals surface area (Å²) < 4.78 is 18.6. The lowest BCUT2D eigenvalue weighted by atomic mass is 10.2. The minimum Gasteiger partial charge on any atom is -0.466 e. The molecule has 2 heterocycles. The molecule has 0 fully saturated rings. The smallest absolute Gasteiger partial charge is 0.313 e. The van der Waals surface area contributed by atoms with Crippen molar-refractivity contribution >= 4 is 28.8 Å². The van der Waals surface area contributed by atoms with E-state index in [9.17, 15) is 19.1 Å². The molecular formula is C18H15FN2O4S. The van der Waals surface area contributed by atoms with E-state index in [1.807, 2.05) is 0 Å². The summed E-state index contributed by atoms with van der Waals surface area (Å²) in [5, 5.41) is 14.9. The van der Waals surface area contributed by atoms with E-state index in [2.05, 4.69) is 10.6 Å². The summed E-state index contributed by atoms with van der Waals surface area (Å²) in [6, 6.07) is 12.4. The monoisotopic (exact) mass is 374 g/mol. The molecule has 0 aliphatic rings. The van der Waals surface area contributed by atoms with Gasteiger partial charge < -0.3 is 20.2 Å². The van der Waals surface area contributed by atoms with Crippen molar-refractivity contribution in [2.75, 3.05) is 5.32 Å². The third-order valence-electron chi connectivity index (χ3n) is 3.52. The second-order valence-corrected chi connectivity index (χ2v) is 6.54. The van der Waals surface area contributed by atoms with Crippen molar-refractivity contribution in [3.63, 3.8) is 0 Å². The van der Waals surface area contributed by atoms with Crippen molar-refractivity contribution in [1.29, 1.82) is 0 Å². The highest BCUT2D eigenvalue weighted by atomic mass is 32.1. The fraction of sp³-hybridized carbons (Fsp3) is 0.111. The molecule has 3 aromatic rings. The molecule has 1 unspecified atom stereocenters. The van der Waals surface area contributed by atoms with Gasteiger partial charge in [0.15, 0.2) is 0 Å². The Labute approximate surface area is 152 Å². The highest BCUT2D eigenvalue weighted by Gasteiger charge is 2.18. The average molecular weight is 374 g/mol. The summed E-state index contributed by atoms with van der Waals surface area (Å²) in [5.74, 6) is -2.03. The number of carbonyl (C=O) groups excluding carboxylic acids is 2. The summed E-state index contributed by atoms with van der Waals surface area (Å²) in [5.41, 5.74) is -0.0624. The van der Waals surface area contributed by atoms with E-state index in [1.54, 1.807) is 30.3 Å². The molecule has 0 radical (unpaired) electrons. The van der Waals surface area contributed by atoms with Crippen LogP contribution in [0.5, 0.6) is 0 Å². The number of aliphatic hydroxyl groups excluding tert-OH is 1. The van der Waals surface area contributed by atoms with Gasteiger partial charge in [-0.1, -0.05) is 12.1 Å². The predicted octanol–water partition coefficient (Wildman–Crippen LogP) is 2.82. The molecule has 0 saturated heterocycles. The molecule has 8 heteroatoms. The van der Waals surface area contributed by atoms with E-state index in [0.717, 1.165) is 4.88 Å². The molecule has 1 aromatic carbocycles. The average Bonchev–Trinajstić information content (AvgIpc) is 3.33. The maximum atomic E-state index is 13.5. The number of anilines is 1. The van der Waals surface area contributed by atoms with Crippen LogP contribution in [0.4, 0.5) is 10.1 Å². The maximum Gasteiger partial charge on any atom is 0.313 e. The number of para-hydroxylation sites is 1. The normalized spacial score (nSPS) is 11.8. The number of nitrogens with one attached hydrogen (secondary N) is 2. The number of halogens is 1. The van der Waals surface area contributed by atoms with Crippen LogP contribution in [0.2, 0.25) is 0 Å². The van der Waals surface area contributed by atoms with Crippen molar-refractivity contribution in [3.8, 4) is 0 Å². The van der Waals surface area contributed by atoms with Gasteiger partial charge in [-0.2, -0.15) is 0 Å². The molecule has 3 rings (SSSR count). The molecular weight excluding hydrogens is 359 g/mol. The molecule has 134 valence electrons. The minimum absolute atomic E-state index is 0.0624. The first kappa shape index (κ1) is 17.8. The van der Waals surface area contributed by atoms with Gasteiger partial charge in [-0.3, -0.25) is 9.59 Å². The first-order valence-electron chi connectivity index (χ1n) is 7.68. The Kier molecular flexibility index (Phi) is 5.45. The topological polar surface area (TPSA) is 91.6 Å². The minimum atomic E-state index is -0.956. The third-order valence-corrected chi connectivity index (χ3v) is 4.65. The predicted molar refractivity (Wildman–Crippen MR) is 94.0 cm³/mol. The lowest BCUT2D eigenvalue weighted by molar-refractivity contribution is -0.136. The van der Waals surface area contributed by atoms with Gasteiger partial charge in [0.05, 0.1) is 18.5 Å². The van der Waals surface area contributed by atoms with Crippen LogP contribution in [0, 0.1) is 5.82 Å². The molecule has 0 bridgehead atoms. The fourth-order valence-corrected chi connectivity index (χ4v) is 3.16. The number of hydrogen-bond donors (Lipinski definition) is 3. The maximum absolute atomic E-state index is 13.5. The van der Waals surface area contributed by atoms with Crippen molar-refractivity contribution in [3.05, 3.63) is 76.1 Å².